The summed E-state index contributed by atoms with van der Waals surface area (Å²) in [6, 6.07) is 19.4. The van der Waals surface area contributed by atoms with Gasteiger partial charge in [-0.15, -0.1) is 0 Å². The van der Waals surface area contributed by atoms with Crippen molar-refractivity contribution < 1.29 is 9.21 Å². The van der Waals surface area contributed by atoms with Gasteiger partial charge in [-0.05, 0) is 12.5 Å². The quantitative estimate of drug-likeness (QED) is 0.781. The molecule has 0 unspecified atom stereocenters. The van der Waals surface area contributed by atoms with Crippen LogP contribution in [0.1, 0.15) is 24.3 Å². The predicted octanol–water partition coefficient (Wildman–Crippen LogP) is 3.76. The number of aromatic nitrogens is 1. The zero-order valence-electron chi connectivity index (χ0n) is 12.9. The topological polar surface area (TPSA) is 55.1 Å². The summed E-state index contributed by atoms with van der Waals surface area (Å²) >= 11 is 0. The SMILES string of the molecule is C[C@H](C(=O)NCc1ncc(-c2ccccc2)o1)c1ccccc1. The molecule has 1 heterocycles. The Bertz CT molecular complexity index is 766. The van der Waals surface area contributed by atoms with Gasteiger partial charge in [-0.25, -0.2) is 4.98 Å². The first-order valence-corrected chi connectivity index (χ1v) is 7.57. The van der Waals surface area contributed by atoms with E-state index in [9.17, 15) is 4.79 Å². The fourth-order valence-electron chi connectivity index (χ4n) is 2.34. The minimum atomic E-state index is -0.209. The van der Waals surface area contributed by atoms with Crippen molar-refractivity contribution in [1.29, 1.82) is 0 Å². The van der Waals surface area contributed by atoms with Crippen molar-refractivity contribution in [1.82, 2.24) is 10.3 Å². The monoisotopic (exact) mass is 306 g/mol. The highest BCUT2D eigenvalue weighted by molar-refractivity contribution is 5.83. The van der Waals surface area contributed by atoms with E-state index < -0.39 is 0 Å². The van der Waals surface area contributed by atoms with E-state index in [1.165, 1.54) is 0 Å². The Hall–Kier alpha value is -2.88. The van der Waals surface area contributed by atoms with Gasteiger partial charge in [0, 0.05) is 5.56 Å². The van der Waals surface area contributed by atoms with Crippen LogP contribution in [-0.2, 0) is 11.3 Å². The largest absolute Gasteiger partial charge is 0.439 e. The summed E-state index contributed by atoms with van der Waals surface area (Å²) in [6.45, 7) is 2.17. The van der Waals surface area contributed by atoms with Gasteiger partial charge in [0.25, 0.3) is 0 Å². The number of rotatable bonds is 5. The molecule has 4 nitrogen and oxygen atoms in total. The van der Waals surface area contributed by atoms with Crippen LogP contribution in [0.3, 0.4) is 0 Å². The Balaban J connectivity index is 1.61. The molecule has 0 fully saturated rings. The van der Waals surface area contributed by atoms with E-state index in [2.05, 4.69) is 10.3 Å². The van der Waals surface area contributed by atoms with Crippen LogP contribution in [0.15, 0.2) is 71.3 Å². The van der Waals surface area contributed by atoms with Crippen LogP contribution >= 0.6 is 0 Å². The number of hydrogen-bond acceptors (Lipinski definition) is 3. The molecule has 116 valence electrons. The number of benzene rings is 2. The van der Waals surface area contributed by atoms with Crippen LogP contribution < -0.4 is 5.32 Å². The minimum absolute atomic E-state index is 0.0457. The lowest BCUT2D eigenvalue weighted by Gasteiger charge is -2.11. The summed E-state index contributed by atoms with van der Waals surface area (Å²) in [4.78, 5) is 16.4. The minimum Gasteiger partial charge on any atom is -0.439 e. The van der Waals surface area contributed by atoms with E-state index in [1.807, 2.05) is 67.6 Å². The molecule has 2 aromatic carbocycles. The molecule has 0 bridgehead atoms. The molecule has 0 aliphatic heterocycles. The molecule has 0 radical (unpaired) electrons. The molecule has 0 saturated heterocycles. The number of amides is 1. The third-order valence-electron chi connectivity index (χ3n) is 3.72. The van der Waals surface area contributed by atoms with Crippen molar-refractivity contribution in [2.75, 3.05) is 0 Å². The predicted molar refractivity (Wildman–Crippen MR) is 88.6 cm³/mol. The van der Waals surface area contributed by atoms with Gasteiger partial charge in [0.2, 0.25) is 11.8 Å². The Labute approximate surface area is 135 Å². The van der Waals surface area contributed by atoms with E-state index in [4.69, 9.17) is 4.42 Å². The number of hydrogen-bond donors (Lipinski definition) is 1. The summed E-state index contributed by atoms with van der Waals surface area (Å²) in [5.74, 6) is 0.943. The normalized spacial score (nSPS) is 11.9. The second-order valence-electron chi connectivity index (χ2n) is 5.33. The lowest BCUT2D eigenvalue weighted by molar-refractivity contribution is -0.122. The van der Waals surface area contributed by atoms with E-state index in [1.54, 1.807) is 6.20 Å². The van der Waals surface area contributed by atoms with E-state index in [0.29, 0.717) is 11.7 Å². The average molecular weight is 306 g/mol. The van der Waals surface area contributed by atoms with E-state index in [-0.39, 0.29) is 18.4 Å². The van der Waals surface area contributed by atoms with Crippen molar-refractivity contribution in [3.05, 3.63) is 78.3 Å². The first-order chi connectivity index (χ1) is 11.2. The smallest absolute Gasteiger partial charge is 0.227 e. The highest BCUT2D eigenvalue weighted by Crippen LogP contribution is 2.20. The summed E-state index contributed by atoms with van der Waals surface area (Å²) in [5.41, 5.74) is 1.96. The van der Waals surface area contributed by atoms with Crippen LogP contribution in [-0.4, -0.2) is 10.9 Å². The molecule has 0 spiro atoms. The van der Waals surface area contributed by atoms with Crippen LogP contribution in [0, 0.1) is 0 Å². The maximum atomic E-state index is 12.2. The van der Waals surface area contributed by atoms with Gasteiger partial charge in [0.1, 0.15) is 0 Å². The van der Waals surface area contributed by atoms with Gasteiger partial charge in [0.05, 0.1) is 18.7 Å². The van der Waals surface area contributed by atoms with Crippen LogP contribution in [0.2, 0.25) is 0 Å². The van der Waals surface area contributed by atoms with Gasteiger partial charge >= 0.3 is 0 Å². The molecule has 1 atom stereocenters. The Morgan fingerprint density at radius 3 is 2.43 bits per heavy atom. The van der Waals surface area contributed by atoms with E-state index >= 15 is 0 Å². The number of nitrogens with one attached hydrogen (secondary N) is 1. The fourth-order valence-corrected chi connectivity index (χ4v) is 2.34. The molecule has 0 aliphatic rings. The Kier molecular flexibility index (Phi) is 4.52. The first-order valence-electron chi connectivity index (χ1n) is 7.57. The van der Waals surface area contributed by atoms with Crippen LogP contribution in [0.25, 0.3) is 11.3 Å². The maximum Gasteiger partial charge on any atom is 0.227 e. The molecule has 0 aliphatic carbocycles. The number of carbonyl (C=O) groups is 1. The van der Waals surface area contributed by atoms with Gasteiger partial charge in [0.15, 0.2) is 5.76 Å². The molecular formula is C19H18N2O2. The van der Waals surface area contributed by atoms with Crippen molar-refractivity contribution >= 4 is 5.91 Å². The number of nitrogens with zero attached hydrogens (tertiary/aromatic N) is 1. The lowest BCUT2D eigenvalue weighted by Crippen LogP contribution is -2.27. The average Bonchev–Trinajstić information content (AvgIpc) is 3.09. The highest BCUT2D eigenvalue weighted by atomic mass is 16.4. The van der Waals surface area contributed by atoms with Gasteiger partial charge in [-0.2, -0.15) is 0 Å². The van der Waals surface area contributed by atoms with Gasteiger partial charge in [-0.3, -0.25) is 4.79 Å². The van der Waals surface area contributed by atoms with Crippen molar-refractivity contribution in [2.24, 2.45) is 0 Å². The first kappa shape index (κ1) is 15.0. The Morgan fingerprint density at radius 1 is 1.09 bits per heavy atom. The maximum absolute atomic E-state index is 12.2. The molecule has 23 heavy (non-hydrogen) atoms. The summed E-state index contributed by atoms with van der Waals surface area (Å²) in [5, 5.41) is 2.87. The molecule has 0 saturated carbocycles. The molecule has 1 aromatic heterocycles. The molecular weight excluding hydrogens is 288 g/mol. The lowest BCUT2D eigenvalue weighted by atomic mass is 10.0. The molecule has 1 N–H and O–H groups in total. The molecule has 4 heteroatoms. The zero-order chi connectivity index (χ0) is 16.1. The third-order valence-corrected chi connectivity index (χ3v) is 3.72. The summed E-state index contributed by atoms with van der Waals surface area (Å²) in [7, 11) is 0. The van der Waals surface area contributed by atoms with Crippen molar-refractivity contribution in [2.45, 2.75) is 19.4 Å². The van der Waals surface area contributed by atoms with Gasteiger partial charge < -0.3 is 9.73 Å². The van der Waals surface area contributed by atoms with Crippen LogP contribution in [0.5, 0.6) is 0 Å². The zero-order valence-corrected chi connectivity index (χ0v) is 12.9. The standard InChI is InChI=1S/C19H18N2O2/c1-14(15-8-4-2-5-9-15)19(22)21-13-18-20-12-17(23-18)16-10-6-3-7-11-16/h2-12,14H,13H2,1H3,(H,21,22)/t14-/m0/s1. The highest BCUT2D eigenvalue weighted by Gasteiger charge is 2.15. The molecule has 1 amide bonds. The second kappa shape index (κ2) is 6.92. The summed E-state index contributed by atoms with van der Waals surface area (Å²) in [6.07, 6.45) is 1.68. The van der Waals surface area contributed by atoms with Crippen molar-refractivity contribution in [3.63, 3.8) is 0 Å². The third kappa shape index (κ3) is 3.66. The Morgan fingerprint density at radius 2 is 1.74 bits per heavy atom. The van der Waals surface area contributed by atoms with Crippen LogP contribution in [0.4, 0.5) is 0 Å². The summed E-state index contributed by atoms with van der Waals surface area (Å²) < 4.78 is 5.68. The van der Waals surface area contributed by atoms with Gasteiger partial charge in [-0.1, -0.05) is 60.7 Å². The number of oxazole rings is 1. The van der Waals surface area contributed by atoms with E-state index in [0.717, 1.165) is 11.1 Å². The second-order valence-corrected chi connectivity index (χ2v) is 5.33. The molecule has 3 aromatic rings. The van der Waals surface area contributed by atoms with Crippen molar-refractivity contribution in [3.8, 4) is 11.3 Å². The number of carbonyl (C=O) groups excluding carboxylic acids is 1. The fraction of sp³-hybridized carbons (Fsp3) is 0.158. The molecule has 3 rings (SSSR count).